The first-order valence-electron chi connectivity index (χ1n) is 5.98. The molecule has 0 aromatic heterocycles. The summed E-state index contributed by atoms with van der Waals surface area (Å²) < 4.78 is 5.45. The molecule has 2 amide bonds. The molecule has 1 aliphatic rings. The maximum absolute atomic E-state index is 11.8. The molecule has 18 heavy (non-hydrogen) atoms. The van der Waals surface area contributed by atoms with Crippen LogP contribution in [-0.2, 0) is 9.59 Å². The summed E-state index contributed by atoms with van der Waals surface area (Å²) in [5.41, 5.74) is 0. The molecule has 1 aromatic rings. The number of carbonyl (C=O) groups is 2. The van der Waals surface area contributed by atoms with E-state index in [2.05, 4.69) is 5.32 Å². The predicted octanol–water partition coefficient (Wildman–Crippen LogP) is 0.414. The lowest BCUT2D eigenvalue weighted by atomic mass is 10.3. The van der Waals surface area contributed by atoms with Crippen molar-refractivity contribution in [2.45, 2.75) is 6.42 Å². The van der Waals surface area contributed by atoms with Gasteiger partial charge in [0, 0.05) is 13.1 Å². The smallest absolute Gasteiger partial charge is 0.239 e. The molecule has 1 fully saturated rings. The molecule has 5 nitrogen and oxygen atoms in total. The van der Waals surface area contributed by atoms with Crippen molar-refractivity contribution in [3.63, 3.8) is 0 Å². The number of nitrogens with one attached hydrogen (secondary N) is 1. The van der Waals surface area contributed by atoms with E-state index in [1.165, 1.54) is 0 Å². The van der Waals surface area contributed by atoms with Crippen LogP contribution in [0.2, 0.25) is 0 Å². The zero-order chi connectivity index (χ0) is 12.8. The van der Waals surface area contributed by atoms with Gasteiger partial charge in [-0.3, -0.25) is 9.59 Å². The Bertz CT molecular complexity index is 420. The van der Waals surface area contributed by atoms with Gasteiger partial charge >= 0.3 is 0 Å². The molecule has 1 heterocycles. The summed E-state index contributed by atoms with van der Waals surface area (Å²) in [7, 11) is 0. The molecule has 0 unspecified atom stereocenters. The first-order valence-corrected chi connectivity index (χ1v) is 5.98. The Balaban J connectivity index is 1.73. The summed E-state index contributed by atoms with van der Waals surface area (Å²) in [6.07, 6.45) is 0.294. The van der Waals surface area contributed by atoms with Gasteiger partial charge in [-0.2, -0.15) is 0 Å². The minimum absolute atomic E-state index is 0.0409. The second-order valence-corrected chi connectivity index (χ2v) is 4.08. The number of para-hydroxylation sites is 1. The fraction of sp³-hybridized carbons (Fsp3) is 0.385. The van der Waals surface area contributed by atoms with E-state index < -0.39 is 0 Å². The summed E-state index contributed by atoms with van der Waals surface area (Å²) in [6, 6.07) is 9.36. The number of carbonyl (C=O) groups excluding carboxylic acids is 2. The average molecular weight is 248 g/mol. The molecule has 1 saturated heterocycles. The summed E-state index contributed by atoms with van der Waals surface area (Å²) >= 11 is 0. The normalized spacial score (nSPS) is 15.1. The summed E-state index contributed by atoms with van der Waals surface area (Å²) in [5, 5.41) is 2.68. The number of benzene rings is 1. The van der Waals surface area contributed by atoms with Crippen LogP contribution in [0.4, 0.5) is 0 Å². The fourth-order valence-electron chi connectivity index (χ4n) is 1.78. The van der Waals surface area contributed by atoms with E-state index in [0.29, 0.717) is 26.1 Å². The number of nitrogens with zero attached hydrogens (tertiary/aromatic N) is 1. The Morgan fingerprint density at radius 3 is 2.83 bits per heavy atom. The molecular weight excluding hydrogens is 232 g/mol. The van der Waals surface area contributed by atoms with Crippen LogP contribution < -0.4 is 10.1 Å². The van der Waals surface area contributed by atoms with Crippen molar-refractivity contribution in [1.82, 2.24) is 10.2 Å². The highest BCUT2D eigenvalue weighted by molar-refractivity contribution is 5.85. The molecule has 0 aliphatic carbocycles. The van der Waals surface area contributed by atoms with Crippen LogP contribution in [0.5, 0.6) is 5.75 Å². The maximum Gasteiger partial charge on any atom is 0.239 e. The Labute approximate surface area is 106 Å². The molecule has 0 bridgehead atoms. The van der Waals surface area contributed by atoms with Gasteiger partial charge < -0.3 is 15.0 Å². The standard InChI is InChI=1S/C13H16N2O3/c16-12-10-15(8-7-14-12)13(17)6-9-18-11-4-2-1-3-5-11/h1-5H,6-10H2,(H,14,16). The molecular formula is C13H16N2O3. The highest BCUT2D eigenvalue weighted by Crippen LogP contribution is 2.08. The van der Waals surface area contributed by atoms with Crippen LogP contribution in [0.3, 0.4) is 0 Å². The van der Waals surface area contributed by atoms with Gasteiger partial charge in [-0.1, -0.05) is 18.2 Å². The maximum atomic E-state index is 11.8. The third-order valence-corrected chi connectivity index (χ3v) is 2.72. The third kappa shape index (κ3) is 3.48. The van der Waals surface area contributed by atoms with E-state index in [0.717, 1.165) is 5.75 Å². The van der Waals surface area contributed by atoms with Crippen molar-refractivity contribution in [2.24, 2.45) is 0 Å². The van der Waals surface area contributed by atoms with Crippen LogP contribution >= 0.6 is 0 Å². The highest BCUT2D eigenvalue weighted by atomic mass is 16.5. The monoisotopic (exact) mass is 248 g/mol. The van der Waals surface area contributed by atoms with Crippen molar-refractivity contribution in [1.29, 1.82) is 0 Å². The second-order valence-electron chi connectivity index (χ2n) is 4.08. The number of hydrogen-bond acceptors (Lipinski definition) is 3. The Morgan fingerprint density at radius 1 is 1.33 bits per heavy atom. The van der Waals surface area contributed by atoms with Gasteiger partial charge in [0.15, 0.2) is 0 Å². The molecule has 96 valence electrons. The minimum atomic E-state index is -0.0985. The van der Waals surface area contributed by atoms with Crippen molar-refractivity contribution in [3.8, 4) is 5.75 Å². The van der Waals surface area contributed by atoms with Crippen LogP contribution in [0.1, 0.15) is 6.42 Å². The average Bonchev–Trinajstić information content (AvgIpc) is 2.40. The second kappa shape index (κ2) is 6.05. The first kappa shape index (κ1) is 12.4. The SMILES string of the molecule is O=C1CN(C(=O)CCOc2ccccc2)CCN1. The van der Waals surface area contributed by atoms with Gasteiger partial charge in [0.2, 0.25) is 11.8 Å². The molecule has 1 aliphatic heterocycles. The lowest BCUT2D eigenvalue weighted by Gasteiger charge is -2.26. The summed E-state index contributed by atoms with van der Waals surface area (Å²) in [5.74, 6) is 0.612. The Morgan fingerprint density at radius 2 is 2.11 bits per heavy atom. The predicted molar refractivity (Wildman–Crippen MR) is 66.1 cm³/mol. The molecule has 1 aromatic carbocycles. The van der Waals surface area contributed by atoms with Crippen molar-refractivity contribution in [2.75, 3.05) is 26.2 Å². The fourth-order valence-corrected chi connectivity index (χ4v) is 1.78. The van der Waals surface area contributed by atoms with Crippen LogP contribution in [0.15, 0.2) is 30.3 Å². The molecule has 2 rings (SSSR count). The Hall–Kier alpha value is -2.04. The molecule has 1 N–H and O–H groups in total. The van der Waals surface area contributed by atoms with Gasteiger partial charge in [-0.05, 0) is 12.1 Å². The van der Waals surface area contributed by atoms with Crippen LogP contribution in [0, 0.1) is 0 Å². The van der Waals surface area contributed by atoms with E-state index in [1.54, 1.807) is 4.90 Å². The highest BCUT2D eigenvalue weighted by Gasteiger charge is 2.20. The van der Waals surface area contributed by atoms with E-state index in [4.69, 9.17) is 4.74 Å². The largest absolute Gasteiger partial charge is 0.493 e. The molecule has 0 spiro atoms. The van der Waals surface area contributed by atoms with E-state index in [9.17, 15) is 9.59 Å². The van der Waals surface area contributed by atoms with E-state index in [1.807, 2.05) is 30.3 Å². The minimum Gasteiger partial charge on any atom is -0.493 e. The quantitative estimate of drug-likeness (QED) is 0.839. The third-order valence-electron chi connectivity index (χ3n) is 2.72. The van der Waals surface area contributed by atoms with Gasteiger partial charge in [-0.25, -0.2) is 0 Å². The number of rotatable bonds is 4. The van der Waals surface area contributed by atoms with Crippen molar-refractivity contribution >= 4 is 11.8 Å². The van der Waals surface area contributed by atoms with Crippen molar-refractivity contribution in [3.05, 3.63) is 30.3 Å². The Kier molecular flexibility index (Phi) is 4.17. The van der Waals surface area contributed by atoms with Gasteiger partial charge in [-0.15, -0.1) is 0 Å². The molecule has 0 radical (unpaired) electrons. The number of hydrogen-bond donors (Lipinski definition) is 1. The van der Waals surface area contributed by atoms with Gasteiger partial charge in [0.1, 0.15) is 5.75 Å². The lowest BCUT2D eigenvalue weighted by Crippen LogP contribution is -2.50. The van der Waals surface area contributed by atoms with E-state index >= 15 is 0 Å². The number of ether oxygens (including phenoxy) is 1. The topological polar surface area (TPSA) is 58.6 Å². The van der Waals surface area contributed by atoms with E-state index in [-0.39, 0.29) is 18.4 Å². The van der Waals surface area contributed by atoms with Crippen LogP contribution in [-0.4, -0.2) is 43.0 Å². The first-order chi connectivity index (χ1) is 8.75. The zero-order valence-electron chi connectivity index (χ0n) is 10.1. The molecule has 0 atom stereocenters. The van der Waals surface area contributed by atoms with Crippen molar-refractivity contribution < 1.29 is 14.3 Å². The zero-order valence-corrected chi connectivity index (χ0v) is 10.1. The molecule has 5 heteroatoms. The summed E-state index contributed by atoms with van der Waals surface area (Å²) in [4.78, 5) is 24.5. The number of amides is 2. The number of piperazine rings is 1. The summed E-state index contributed by atoms with van der Waals surface area (Å²) in [6.45, 7) is 1.60. The molecule has 0 saturated carbocycles. The van der Waals surface area contributed by atoms with Gasteiger partial charge in [0.25, 0.3) is 0 Å². The van der Waals surface area contributed by atoms with Crippen LogP contribution in [0.25, 0.3) is 0 Å². The lowest BCUT2D eigenvalue weighted by molar-refractivity contribution is -0.138. The van der Waals surface area contributed by atoms with Gasteiger partial charge in [0.05, 0.1) is 19.6 Å².